The number of carbonyl (C=O) groups is 1. The number of ether oxygens (including phenoxy) is 1. The Bertz CT molecular complexity index is 986. The van der Waals surface area contributed by atoms with Crippen molar-refractivity contribution in [2.24, 2.45) is 0 Å². The first-order valence-corrected chi connectivity index (χ1v) is 9.65. The van der Waals surface area contributed by atoms with E-state index in [0.717, 1.165) is 16.6 Å². The van der Waals surface area contributed by atoms with E-state index in [4.69, 9.17) is 4.74 Å². The Morgan fingerprint density at radius 3 is 2.85 bits per heavy atom. The molecule has 3 heterocycles. The van der Waals surface area contributed by atoms with Crippen LogP contribution < -0.4 is 10.9 Å². The summed E-state index contributed by atoms with van der Waals surface area (Å²) in [7, 11) is 0. The molecule has 0 aromatic carbocycles. The fourth-order valence-electron chi connectivity index (χ4n) is 2.92. The molecule has 0 saturated heterocycles. The van der Waals surface area contributed by atoms with Crippen LogP contribution in [0.5, 0.6) is 0 Å². The molecule has 0 aliphatic rings. The van der Waals surface area contributed by atoms with Gasteiger partial charge in [0.2, 0.25) is 5.91 Å². The van der Waals surface area contributed by atoms with Crippen molar-refractivity contribution >= 4 is 33.0 Å². The molecular formula is C18H24N4O3S. The highest BCUT2D eigenvalue weighted by Crippen LogP contribution is 2.24. The number of rotatable bonds is 7. The molecule has 0 spiro atoms. The molecule has 140 valence electrons. The second kappa shape index (κ2) is 7.59. The molecular weight excluding hydrogens is 352 g/mol. The molecule has 3 aromatic heterocycles. The SMILES string of the molecule is Cc1nn([C@H](C)C(=O)NCCCOC(C)C)c(=O)c2cc3sccc3n12. The third kappa shape index (κ3) is 3.52. The molecule has 1 N–H and O–H groups in total. The second-order valence-corrected chi connectivity index (χ2v) is 7.52. The van der Waals surface area contributed by atoms with E-state index in [1.165, 1.54) is 4.68 Å². The Hall–Kier alpha value is -2.19. The Kier molecular flexibility index (Phi) is 5.43. The van der Waals surface area contributed by atoms with Gasteiger partial charge in [0, 0.05) is 13.2 Å². The van der Waals surface area contributed by atoms with Crippen molar-refractivity contribution in [2.75, 3.05) is 13.2 Å². The van der Waals surface area contributed by atoms with Gasteiger partial charge in [-0.3, -0.25) is 14.0 Å². The molecule has 1 amide bonds. The van der Waals surface area contributed by atoms with E-state index < -0.39 is 6.04 Å². The highest BCUT2D eigenvalue weighted by Gasteiger charge is 2.20. The van der Waals surface area contributed by atoms with E-state index in [-0.39, 0.29) is 17.6 Å². The van der Waals surface area contributed by atoms with Gasteiger partial charge in [-0.05, 0) is 51.6 Å². The quantitative estimate of drug-likeness (QED) is 0.643. The number of hydrogen-bond acceptors (Lipinski definition) is 5. The zero-order chi connectivity index (χ0) is 18.8. The smallest absolute Gasteiger partial charge is 0.291 e. The monoisotopic (exact) mass is 376 g/mol. The maximum Gasteiger partial charge on any atom is 0.291 e. The maximum absolute atomic E-state index is 12.8. The van der Waals surface area contributed by atoms with E-state index in [9.17, 15) is 9.59 Å². The zero-order valence-electron chi connectivity index (χ0n) is 15.5. The van der Waals surface area contributed by atoms with Crippen molar-refractivity contribution < 1.29 is 9.53 Å². The van der Waals surface area contributed by atoms with Crippen LogP contribution in [0.15, 0.2) is 22.3 Å². The molecule has 0 bridgehead atoms. The van der Waals surface area contributed by atoms with E-state index in [1.807, 2.05) is 42.7 Å². The summed E-state index contributed by atoms with van der Waals surface area (Å²) in [4.78, 5) is 25.2. The number of aryl methyl sites for hydroxylation is 1. The molecule has 0 saturated carbocycles. The molecule has 26 heavy (non-hydrogen) atoms. The van der Waals surface area contributed by atoms with Crippen molar-refractivity contribution in [3.05, 3.63) is 33.7 Å². The van der Waals surface area contributed by atoms with Crippen LogP contribution in [0.2, 0.25) is 0 Å². The normalized spacial score (nSPS) is 13.0. The molecule has 0 fully saturated rings. The van der Waals surface area contributed by atoms with Crippen LogP contribution in [0.4, 0.5) is 0 Å². The van der Waals surface area contributed by atoms with Gasteiger partial charge in [0.05, 0.1) is 16.3 Å². The van der Waals surface area contributed by atoms with E-state index >= 15 is 0 Å². The van der Waals surface area contributed by atoms with Crippen molar-refractivity contribution in [3.63, 3.8) is 0 Å². The summed E-state index contributed by atoms with van der Waals surface area (Å²) in [5.74, 6) is 0.458. The fraction of sp³-hybridized carbons (Fsp3) is 0.500. The minimum Gasteiger partial charge on any atom is -0.379 e. The van der Waals surface area contributed by atoms with Crippen LogP contribution in [0.25, 0.3) is 15.7 Å². The minimum absolute atomic E-state index is 0.179. The number of carbonyl (C=O) groups excluding carboxylic acids is 1. The summed E-state index contributed by atoms with van der Waals surface area (Å²) in [6.45, 7) is 8.58. The van der Waals surface area contributed by atoms with Crippen molar-refractivity contribution in [2.45, 2.75) is 46.3 Å². The third-order valence-corrected chi connectivity index (χ3v) is 5.10. The lowest BCUT2D eigenvalue weighted by atomic mass is 10.3. The number of fused-ring (bicyclic) bond motifs is 3. The summed E-state index contributed by atoms with van der Waals surface area (Å²) in [6.07, 6.45) is 0.908. The Balaban J connectivity index is 1.77. The lowest BCUT2D eigenvalue weighted by molar-refractivity contribution is -0.124. The van der Waals surface area contributed by atoms with Crippen LogP contribution in [0.3, 0.4) is 0 Å². The summed E-state index contributed by atoms with van der Waals surface area (Å²) < 4.78 is 9.60. The number of hydrogen-bond donors (Lipinski definition) is 1. The second-order valence-electron chi connectivity index (χ2n) is 6.57. The Labute approximate surface area is 155 Å². The molecule has 7 nitrogen and oxygen atoms in total. The molecule has 0 aliphatic carbocycles. The summed E-state index contributed by atoms with van der Waals surface area (Å²) in [5, 5.41) is 9.21. The third-order valence-electron chi connectivity index (χ3n) is 4.24. The van der Waals surface area contributed by atoms with Crippen molar-refractivity contribution in [1.82, 2.24) is 19.5 Å². The van der Waals surface area contributed by atoms with Gasteiger partial charge < -0.3 is 10.1 Å². The fourth-order valence-corrected chi connectivity index (χ4v) is 3.72. The van der Waals surface area contributed by atoms with Gasteiger partial charge in [0.1, 0.15) is 17.4 Å². The van der Waals surface area contributed by atoms with E-state index in [0.29, 0.717) is 24.5 Å². The van der Waals surface area contributed by atoms with Crippen LogP contribution in [0.1, 0.15) is 39.1 Å². The molecule has 8 heteroatoms. The summed E-state index contributed by atoms with van der Waals surface area (Å²) in [5.41, 5.74) is 1.26. The summed E-state index contributed by atoms with van der Waals surface area (Å²) in [6, 6.07) is 3.16. The summed E-state index contributed by atoms with van der Waals surface area (Å²) >= 11 is 1.58. The van der Waals surface area contributed by atoms with Crippen LogP contribution >= 0.6 is 11.3 Å². The lowest BCUT2D eigenvalue weighted by Gasteiger charge is -2.16. The van der Waals surface area contributed by atoms with Gasteiger partial charge in [-0.25, -0.2) is 4.68 Å². The topological polar surface area (TPSA) is 77.6 Å². The van der Waals surface area contributed by atoms with Gasteiger partial charge in [-0.2, -0.15) is 5.10 Å². The zero-order valence-corrected chi connectivity index (χ0v) is 16.3. The largest absolute Gasteiger partial charge is 0.379 e. The van der Waals surface area contributed by atoms with Crippen molar-refractivity contribution in [1.29, 1.82) is 0 Å². The van der Waals surface area contributed by atoms with Crippen LogP contribution in [0, 0.1) is 6.92 Å². The highest BCUT2D eigenvalue weighted by atomic mass is 32.1. The maximum atomic E-state index is 12.8. The number of nitrogens with zero attached hydrogens (tertiary/aromatic N) is 3. The molecule has 3 aromatic rings. The van der Waals surface area contributed by atoms with Crippen LogP contribution in [-0.2, 0) is 9.53 Å². The van der Waals surface area contributed by atoms with Gasteiger partial charge in [0.15, 0.2) is 0 Å². The number of nitrogens with one attached hydrogen (secondary N) is 1. The predicted octanol–water partition coefficient (Wildman–Crippen LogP) is 2.51. The number of thiophene rings is 1. The first-order valence-electron chi connectivity index (χ1n) is 8.77. The van der Waals surface area contributed by atoms with Gasteiger partial charge in [0.25, 0.3) is 5.56 Å². The first-order chi connectivity index (χ1) is 12.4. The molecule has 1 atom stereocenters. The number of aromatic nitrogens is 3. The highest BCUT2D eigenvalue weighted by molar-refractivity contribution is 7.17. The average molecular weight is 376 g/mol. The van der Waals surface area contributed by atoms with Crippen LogP contribution in [-0.4, -0.2) is 39.3 Å². The van der Waals surface area contributed by atoms with Gasteiger partial charge in [-0.15, -0.1) is 11.3 Å². The average Bonchev–Trinajstić information content (AvgIpc) is 3.17. The Morgan fingerprint density at radius 1 is 1.35 bits per heavy atom. The van der Waals surface area contributed by atoms with E-state index in [2.05, 4.69) is 10.4 Å². The molecule has 0 aliphatic heterocycles. The van der Waals surface area contributed by atoms with Gasteiger partial charge >= 0.3 is 0 Å². The lowest BCUT2D eigenvalue weighted by Crippen LogP contribution is -2.38. The molecule has 0 radical (unpaired) electrons. The standard InChI is InChI=1S/C18H24N4O3S/c1-11(2)25-8-5-7-19-17(23)12(3)22-18(24)15-10-16-14(6-9-26-16)21(15)13(4)20-22/h6,9-12H,5,7-8H2,1-4H3,(H,19,23)/t12-/m1/s1. The number of amides is 1. The first kappa shape index (κ1) is 18.6. The molecule has 3 rings (SSSR count). The van der Waals surface area contributed by atoms with E-state index in [1.54, 1.807) is 18.3 Å². The van der Waals surface area contributed by atoms with Crippen molar-refractivity contribution in [3.8, 4) is 0 Å². The minimum atomic E-state index is -0.676. The predicted molar refractivity (Wildman–Crippen MR) is 103 cm³/mol. The Morgan fingerprint density at radius 2 is 2.12 bits per heavy atom. The van der Waals surface area contributed by atoms with Gasteiger partial charge in [-0.1, -0.05) is 0 Å². The molecule has 0 unspecified atom stereocenters.